The number of hydrazine groups is 1. The molecule has 2 aromatic carbocycles. The SMILES string of the molecule is COc1ccc(NC(=O)C(=O)NNC(C)=CC(=O)Nc2cccc(Cl)c2C)cc1. The maximum absolute atomic E-state index is 12.1. The molecule has 0 aromatic heterocycles. The summed E-state index contributed by atoms with van der Waals surface area (Å²) in [5.41, 5.74) is 6.81. The van der Waals surface area contributed by atoms with Crippen LogP contribution in [-0.4, -0.2) is 24.8 Å². The zero-order valence-corrected chi connectivity index (χ0v) is 16.9. The lowest BCUT2D eigenvalue weighted by Crippen LogP contribution is -2.43. The number of hydrogen-bond donors (Lipinski definition) is 4. The molecule has 0 bridgehead atoms. The van der Waals surface area contributed by atoms with E-state index in [4.69, 9.17) is 16.3 Å². The Morgan fingerprint density at radius 3 is 2.31 bits per heavy atom. The Labute approximate surface area is 173 Å². The molecule has 0 aliphatic rings. The topological polar surface area (TPSA) is 109 Å². The van der Waals surface area contributed by atoms with E-state index in [1.165, 1.54) is 13.2 Å². The van der Waals surface area contributed by atoms with Gasteiger partial charge in [-0.1, -0.05) is 17.7 Å². The third-order valence-electron chi connectivity index (χ3n) is 3.80. The Kier molecular flexibility index (Phi) is 7.62. The van der Waals surface area contributed by atoms with Gasteiger partial charge in [-0.25, -0.2) is 0 Å². The molecule has 0 unspecified atom stereocenters. The van der Waals surface area contributed by atoms with Crippen LogP contribution in [-0.2, 0) is 14.4 Å². The third-order valence-corrected chi connectivity index (χ3v) is 4.21. The van der Waals surface area contributed by atoms with Gasteiger partial charge < -0.3 is 20.8 Å². The third kappa shape index (κ3) is 6.54. The molecule has 0 atom stereocenters. The Bertz CT molecular complexity index is 942. The van der Waals surface area contributed by atoms with Crippen molar-refractivity contribution in [1.82, 2.24) is 10.9 Å². The van der Waals surface area contributed by atoms with Gasteiger partial charge >= 0.3 is 11.8 Å². The summed E-state index contributed by atoms with van der Waals surface area (Å²) in [4.78, 5) is 35.9. The van der Waals surface area contributed by atoms with Gasteiger partial charge in [0.1, 0.15) is 5.75 Å². The molecule has 0 aliphatic carbocycles. The van der Waals surface area contributed by atoms with E-state index in [0.29, 0.717) is 27.8 Å². The highest BCUT2D eigenvalue weighted by Gasteiger charge is 2.13. The lowest BCUT2D eigenvalue weighted by molar-refractivity contribution is -0.136. The predicted molar refractivity (Wildman–Crippen MR) is 111 cm³/mol. The first kappa shape index (κ1) is 21.8. The first-order chi connectivity index (χ1) is 13.8. The number of carbonyl (C=O) groups is 3. The minimum Gasteiger partial charge on any atom is -0.497 e. The van der Waals surface area contributed by atoms with Crippen LogP contribution in [0.3, 0.4) is 0 Å². The smallest absolute Gasteiger partial charge is 0.327 e. The molecule has 0 aliphatic heterocycles. The number of anilines is 2. The molecule has 3 amide bonds. The predicted octanol–water partition coefficient (Wildman–Crippen LogP) is 2.76. The highest BCUT2D eigenvalue weighted by Crippen LogP contribution is 2.22. The van der Waals surface area contributed by atoms with Gasteiger partial charge in [0, 0.05) is 28.2 Å². The average Bonchev–Trinajstić information content (AvgIpc) is 2.70. The monoisotopic (exact) mass is 416 g/mol. The largest absolute Gasteiger partial charge is 0.497 e. The number of rotatable bonds is 6. The van der Waals surface area contributed by atoms with E-state index in [9.17, 15) is 14.4 Å². The zero-order valence-electron chi connectivity index (χ0n) is 16.1. The van der Waals surface area contributed by atoms with Crippen molar-refractivity contribution < 1.29 is 19.1 Å². The summed E-state index contributed by atoms with van der Waals surface area (Å²) in [5, 5.41) is 5.67. The summed E-state index contributed by atoms with van der Waals surface area (Å²) in [5.74, 6) is -1.58. The Hall–Kier alpha value is -3.52. The number of halogens is 1. The normalized spacial score (nSPS) is 10.7. The Morgan fingerprint density at radius 2 is 1.66 bits per heavy atom. The molecule has 152 valence electrons. The molecule has 2 rings (SSSR count). The van der Waals surface area contributed by atoms with Crippen molar-refractivity contribution in [2.45, 2.75) is 13.8 Å². The van der Waals surface area contributed by atoms with Crippen LogP contribution in [0.4, 0.5) is 11.4 Å². The standard InChI is InChI=1S/C20H21ClN4O4/c1-12(11-18(26)23-17-6-4-5-16(21)13(17)2)24-25-20(28)19(27)22-14-7-9-15(29-3)10-8-14/h4-11,24H,1-3H3,(H,22,27)(H,23,26)(H,25,28). The maximum atomic E-state index is 12.1. The Balaban J connectivity index is 1.85. The summed E-state index contributed by atoms with van der Waals surface area (Å²) in [6.45, 7) is 3.35. The van der Waals surface area contributed by atoms with Crippen LogP contribution in [0.15, 0.2) is 54.2 Å². The molecule has 0 spiro atoms. The van der Waals surface area contributed by atoms with Gasteiger partial charge in [0.05, 0.1) is 7.11 Å². The quantitative estimate of drug-likeness (QED) is 0.329. The van der Waals surface area contributed by atoms with Crippen LogP contribution in [0.5, 0.6) is 5.75 Å². The van der Waals surface area contributed by atoms with Crippen molar-refractivity contribution in [3.8, 4) is 5.75 Å². The number of methoxy groups -OCH3 is 1. The van der Waals surface area contributed by atoms with E-state index in [2.05, 4.69) is 21.5 Å². The number of allylic oxidation sites excluding steroid dienone is 1. The lowest BCUT2D eigenvalue weighted by atomic mass is 10.2. The van der Waals surface area contributed by atoms with E-state index in [1.807, 2.05) is 0 Å². The molecular formula is C20H21ClN4O4. The van der Waals surface area contributed by atoms with Gasteiger partial charge in [0.15, 0.2) is 0 Å². The minimum atomic E-state index is -0.917. The molecule has 0 fully saturated rings. The number of hydrogen-bond acceptors (Lipinski definition) is 5. The van der Waals surface area contributed by atoms with Crippen molar-refractivity contribution in [1.29, 1.82) is 0 Å². The number of amides is 3. The van der Waals surface area contributed by atoms with Crippen LogP contribution < -0.4 is 26.2 Å². The maximum Gasteiger partial charge on any atom is 0.327 e. The van der Waals surface area contributed by atoms with E-state index >= 15 is 0 Å². The van der Waals surface area contributed by atoms with Crippen LogP contribution in [0.1, 0.15) is 12.5 Å². The van der Waals surface area contributed by atoms with Gasteiger partial charge in [-0.05, 0) is 55.8 Å². The minimum absolute atomic E-state index is 0.327. The fourth-order valence-electron chi connectivity index (χ4n) is 2.22. The van der Waals surface area contributed by atoms with Gasteiger partial charge in [0.2, 0.25) is 5.91 Å². The van der Waals surface area contributed by atoms with E-state index in [0.717, 1.165) is 5.56 Å². The van der Waals surface area contributed by atoms with Crippen LogP contribution in [0, 0.1) is 6.92 Å². The summed E-state index contributed by atoms with van der Waals surface area (Å²) in [7, 11) is 1.53. The highest BCUT2D eigenvalue weighted by atomic mass is 35.5. The van der Waals surface area contributed by atoms with Crippen LogP contribution >= 0.6 is 11.6 Å². The van der Waals surface area contributed by atoms with Crippen molar-refractivity contribution >= 4 is 40.7 Å². The first-order valence-electron chi connectivity index (χ1n) is 8.56. The summed E-state index contributed by atoms with van der Waals surface area (Å²) >= 11 is 6.02. The van der Waals surface area contributed by atoms with E-state index < -0.39 is 17.7 Å². The second kappa shape index (κ2) is 10.1. The molecule has 2 aromatic rings. The number of carbonyl (C=O) groups excluding carboxylic acids is 3. The van der Waals surface area contributed by atoms with Crippen molar-refractivity contribution in [3.05, 3.63) is 64.8 Å². The molecule has 9 heteroatoms. The first-order valence-corrected chi connectivity index (χ1v) is 8.93. The second-order valence-corrected chi connectivity index (χ2v) is 6.40. The van der Waals surface area contributed by atoms with Gasteiger partial charge in [0.25, 0.3) is 0 Å². The summed E-state index contributed by atoms with van der Waals surface area (Å²) in [6, 6.07) is 11.7. The molecule has 0 saturated carbocycles. The zero-order chi connectivity index (χ0) is 21.4. The fourth-order valence-corrected chi connectivity index (χ4v) is 2.39. The fraction of sp³-hybridized carbons (Fsp3) is 0.150. The molecule has 8 nitrogen and oxygen atoms in total. The summed E-state index contributed by atoms with van der Waals surface area (Å²) < 4.78 is 5.02. The van der Waals surface area contributed by atoms with Gasteiger partial charge in [-0.15, -0.1) is 0 Å². The molecule has 29 heavy (non-hydrogen) atoms. The van der Waals surface area contributed by atoms with Crippen molar-refractivity contribution in [2.75, 3.05) is 17.7 Å². The van der Waals surface area contributed by atoms with Gasteiger partial charge in [-0.3, -0.25) is 19.8 Å². The number of benzene rings is 2. The van der Waals surface area contributed by atoms with E-state index in [1.54, 1.807) is 56.3 Å². The Morgan fingerprint density at radius 1 is 0.966 bits per heavy atom. The van der Waals surface area contributed by atoms with Crippen molar-refractivity contribution in [2.24, 2.45) is 0 Å². The average molecular weight is 417 g/mol. The van der Waals surface area contributed by atoms with Crippen LogP contribution in [0.25, 0.3) is 0 Å². The van der Waals surface area contributed by atoms with Crippen molar-refractivity contribution in [3.63, 3.8) is 0 Å². The van der Waals surface area contributed by atoms with Gasteiger partial charge in [-0.2, -0.15) is 0 Å². The van der Waals surface area contributed by atoms with Crippen LogP contribution in [0.2, 0.25) is 5.02 Å². The molecule has 0 radical (unpaired) electrons. The number of nitrogens with one attached hydrogen (secondary N) is 4. The number of ether oxygens (including phenoxy) is 1. The molecule has 4 N–H and O–H groups in total. The molecule has 0 saturated heterocycles. The second-order valence-electron chi connectivity index (χ2n) is 5.99. The molecular weight excluding hydrogens is 396 g/mol. The summed E-state index contributed by atoms with van der Waals surface area (Å²) in [6.07, 6.45) is 1.24. The van der Waals surface area contributed by atoms with E-state index in [-0.39, 0.29) is 0 Å². The highest BCUT2D eigenvalue weighted by molar-refractivity contribution is 6.39. The molecule has 0 heterocycles. The lowest BCUT2D eigenvalue weighted by Gasteiger charge is -2.10.